The zero-order valence-corrected chi connectivity index (χ0v) is 16.8. The second-order valence-electron chi connectivity index (χ2n) is 7.63. The van der Waals surface area contributed by atoms with E-state index < -0.39 is 43.4 Å². The topological polar surface area (TPSA) is 99.4 Å². The van der Waals surface area contributed by atoms with E-state index >= 15 is 0 Å². The minimum absolute atomic E-state index is 0.441. The lowest BCUT2D eigenvalue weighted by molar-refractivity contribution is -0.287. The van der Waals surface area contributed by atoms with E-state index in [1.165, 1.54) is 5.56 Å². The molecule has 0 bridgehead atoms. The van der Waals surface area contributed by atoms with Gasteiger partial charge in [-0.3, -0.25) is 0 Å². The van der Waals surface area contributed by atoms with Gasteiger partial charge >= 0.3 is 0 Å². The van der Waals surface area contributed by atoms with Crippen molar-refractivity contribution < 1.29 is 29.9 Å². The quantitative estimate of drug-likeness (QED) is 0.604. The van der Waals surface area contributed by atoms with Crippen LogP contribution in [0.2, 0.25) is 5.02 Å². The molecule has 1 fully saturated rings. The molecule has 2 aliphatic heterocycles. The summed E-state index contributed by atoms with van der Waals surface area (Å²) in [5.41, 5.74) is 4.31. The summed E-state index contributed by atoms with van der Waals surface area (Å²) in [6.45, 7) is 1.66. The third-order valence-corrected chi connectivity index (χ3v) is 6.16. The summed E-state index contributed by atoms with van der Waals surface area (Å²) in [6, 6.07) is 11.8. The first-order valence-electron chi connectivity index (χ1n) is 9.79. The van der Waals surface area contributed by atoms with Crippen LogP contribution in [0.25, 0.3) is 0 Å². The Morgan fingerprint density at radius 1 is 0.931 bits per heavy atom. The summed E-state index contributed by atoms with van der Waals surface area (Å²) in [6.07, 6.45) is -4.96. The van der Waals surface area contributed by atoms with Crippen LogP contribution in [0.4, 0.5) is 0 Å². The van der Waals surface area contributed by atoms with Gasteiger partial charge in [0.15, 0.2) is 6.29 Å². The van der Waals surface area contributed by atoms with Gasteiger partial charge in [-0.05, 0) is 41.2 Å². The molecule has 0 aliphatic carbocycles. The van der Waals surface area contributed by atoms with E-state index in [1.54, 1.807) is 6.07 Å². The molecular weight excluding hydrogens is 396 g/mol. The Bertz CT molecular complexity index is 870. The predicted molar refractivity (Wildman–Crippen MR) is 107 cm³/mol. The molecule has 6 unspecified atom stereocenters. The van der Waals surface area contributed by atoms with Crippen LogP contribution >= 0.6 is 11.6 Å². The summed E-state index contributed by atoms with van der Waals surface area (Å²) in [5.74, 6) is 0. The van der Waals surface area contributed by atoms with Gasteiger partial charge in [-0.25, -0.2) is 0 Å². The Balaban J connectivity index is 1.69. The summed E-state index contributed by atoms with van der Waals surface area (Å²) in [4.78, 5) is 0. The molecule has 156 valence electrons. The van der Waals surface area contributed by atoms with E-state index in [4.69, 9.17) is 21.1 Å². The van der Waals surface area contributed by atoms with Crippen LogP contribution in [-0.4, -0.2) is 51.4 Å². The van der Waals surface area contributed by atoms with E-state index in [-0.39, 0.29) is 0 Å². The highest BCUT2D eigenvalue weighted by Crippen LogP contribution is 2.44. The van der Waals surface area contributed by atoms with Crippen molar-refractivity contribution in [3.05, 3.63) is 69.2 Å². The van der Waals surface area contributed by atoms with E-state index in [0.717, 1.165) is 17.5 Å². The molecule has 0 radical (unpaired) electrons. The molecular formula is C22H25ClO6. The summed E-state index contributed by atoms with van der Waals surface area (Å²) < 4.78 is 11.3. The molecule has 4 rings (SSSR count). The molecule has 29 heavy (non-hydrogen) atoms. The van der Waals surface area contributed by atoms with Crippen molar-refractivity contribution in [1.82, 2.24) is 0 Å². The average Bonchev–Trinajstić information content (AvgIpc) is 2.73. The third kappa shape index (κ3) is 3.82. The second-order valence-corrected chi connectivity index (χ2v) is 8.04. The van der Waals surface area contributed by atoms with Gasteiger partial charge in [0.2, 0.25) is 0 Å². The van der Waals surface area contributed by atoms with Crippen molar-refractivity contribution >= 4 is 11.6 Å². The standard InChI is InChI=1S/C22H25ClO6/c1-2-11-3-5-12(6-4-11)7-13-8-14-15(9-16(13)23)22(27)29-21-19(26)18(25)17(10-24)28-20(14)21/h3-6,8-9,17-22,24-27H,2,7,10H2,1H3. The van der Waals surface area contributed by atoms with Gasteiger partial charge in [0.25, 0.3) is 0 Å². The SMILES string of the molecule is CCc1ccc(Cc2cc3c(cc2Cl)C(O)OC2C3OC(CO)C(O)C2O)cc1. The number of aryl methyl sites for hydroxylation is 1. The van der Waals surface area contributed by atoms with Crippen molar-refractivity contribution in [2.75, 3.05) is 6.61 Å². The van der Waals surface area contributed by atoms with Crippen LogP contribution in [0.5, 0.6) is 0 Å². The van der Waals surface area contributed by atoms with Gasteiger partial charge < -0.3 is 29.9 Å². The van der Waals surface area contributed by atoms with Crippen LogP contribution in [-0.2, 0) is 22.3 Å². The highest BCUT2D eigenvalue weighted by atomic mass is 35.5. The number of hydrogen-bond acceptors (Lipinski definition) is 6. The molecule has 2 aromatic rings. The Labute approximate surface area is 174 Å². The van der Waals surface area contributed by atoms with Crippen LogP contribution in [0, 0.1) is 0 Å². The van der Waals surface area contributed by atoms with E-state index in [1.807, 2.05) is 6.07 Å². The van der Waals surface area contributed by atoms with Crippen molar-refractivity contribution in [2.24, 2.45) is 0 Å². The molecule has 0 aromatic heterocycles. The van der Waals surface area contributed by atoms with Crippen molar-refractivity contribution in [3.8, 4) is 0 Å². The summed E-state index contributed by atoms with van der Waals surface area (Å²) >= 11 is 6.48. The van der Waals surface area contributed by atoms with Crippen LogP contribution < -0.4 is 0 Å². The molecule has 0 amide bonds. The first-order chi connectivity index (χ1) is 13.9. The average molecular weight is 421 g/mol. The molecule has 6 atom stereocenters. The number of aliphatic hydroxyl groups is 4. The number of aliphatic hydroxyl groups excluding tert-OH is 4. The van der Waals surface area contributed by atoms with Crippen LogP contribution in [0.15, 0.2) is 36.4 Å². The maximum Gasteiger partial charge on any atom is 0.182 e. The lowest BCUT2D eigenvalue weighted by Crippen LogP contribution is -2.57. The molecule has 7 heteroatoms. The second kappa shape index (κ2) is 8.32. The number of fused-ring (bicyclic) bond motifs is 3. The number of benzene rings is 2. The third-order valence-electron chi connectivity index (χ3n) is 5.80. The molecule has 0 spiro atoms. The normalized spacial score (nSPS) is 31.2. The smallest absolute Gasteiger partial charge is 0.182 e. The lowest BCUT2D eigenvalue weighted by atomic mass is 9.85. The Morgan fingerprint density at radius 3 is 2.28 bits per heavy atom. The molecule has 4 N–H and O–H groups in total. The van der Waals surface area contributed by atoms with Crippen molar-refractivity contribution in [3.63, 3.8) is 0 Å². The maximum atomic E-state index is 10.4. The predicted octanol–water partition coefficient (Wildman–Crippen LogP) is 2.04. The molecule has 6 nitrogen and oxygen atoms in total. The van der Waals surface area contributed by atoms with Gasteiger partial charge in [-0.2, -0.15) is 0 Å². The minimum atomic E-state index is -1.31. The van der Waals surface area contributed by atoms with E-state index in [9.17, 15) is 20.4 Å². The highest BCUT2D eigenvalue weighted by Gasteiger charge is 2.49. The van der Waals surface area contributed by atoms with Crippen molar-refractivity contribution in [2.45, 2.75) is 56.6 Å². The first kappa shape index (κ1) is 20.8. The zero-order chi connectivity index (χ0) is 20.7. The van der Waals surface area contributed by atoms with Gasteiger partial charge in [0.05, 0.1) is 6.61 Å². The summed E-state index contributed by atoms with van der Waals surface area (Å²) in [5, 5.41) is 41.0. The molecule has 2 heterocycles. The minimum Gasteiger partial charge on any atom is -0.394 e. The molecule has 2 aliphatic rings. The molecule has 2 aromatic carbocycles. The lowest BCUT2D eigenvalue weighted by Gasteiger charge is -2.46. The monoisotopic (exact) mass is 420 g/mol. The number of halogens is 1. The molecule has 1 saturated heterocycles. The maximum absolute atomic E-state index is 10.4. The Kier molecular flexibility index (Phi) is 5.95. The fourth-order valence-electron chi connectivity index (χ4n) is 4.08. The van der Waals surface area contributed by atoms with Crippen LogP contribution in [0.1, 0.15) is 47.1 Å². The number of rotatable bonds is 4. The number of hydrogen-bond donors (Lipinski definition) is 4. The van der Waals surface area contributed by atoms with E-state index in [0.29, 0.717) is 22.6 Å². The molecule has 0 saturated carbocycles. The fraction of sp³-hybridized carbons (Fsp3) is 0.455. The van der Waals surface area contributed by atoms with Crippen LogP contribution in [0.3, 0.4) is 0 Å². The van der Waals surface area contributed by atoms with Crippen molar-refractivity contribution in [1.29, 1.82) is 0 Å². The van der Waals surface area contributed by atoms with Gasteiger partial charge in [-0.1, -0.05) is 48.9 Å². The fourth-order valence-corrected chi connectivity index (χ4v) is 4.31. The van der Waals surface area contributed by atoms with E-state index in [2.05, 4.69) is 31.2 Å². The van der Waals surface area contributed by atoms with Gasteiger partial charge in [0, 0.05) is 10.6 Å². The first-order valence-corrected chi connectivity index (χ1v) is 10.2. The highest BCUT2D eigenvalue weighted by molar-refractivity contribution is 6.31. The Morgan fingerprint density at radius 2 is 1.62 bits per heavy atom. The summed E-state index contributed by atoms with van der Waals surface area (Å²) in [7, 11) is 0. The largest absolute Gasteiger partial charge is 0.394 e. The Hall–Kier alpha value is -1.51. The number of ether oxygens (including phenoxy) is 2. The van der Waals surface area contributed by atoms with Gasteiger partial charge in [-0.15, -0.1) is 0 Å². The van der Waals surface area contributed by atoms with Gasteiger partial charge in [0.1, 0.15) is 30.5 Å². The zero-order valence-electron chi connectivity index (χ0n) is 16.0.